The Balaban J connectivity index is 1.36. The van der Waals surface area contributed by atoms with Gasteiger partial charge in [0, 0.05) is 55.1 Å². The van der Waals surface area contributed by atoms with E-state index in [9.17, 15) is 27.1 Å². The lowest BCUT2D eigenvalue weighted by Crippen LogP contribution is -2.62. The molecule has 1 aromatic carbocycles. The Kier molecular flexibility index (Phi) is 7.69. The largest absolute Gasteiger partial charge is 0.441 e. The summed E-state index contributed by atoms with van der Waals surface area (Å²) >= 11 is 5.98. The van der Waals surface area contributed by atoms with Gasteiger partial charge in [-0.1, -0.05) is 11.6 Å². The number of halogens is 3. The van der Waals surface area contributed by atoms with E-state index in [1.165, 1.54) is 28.6 Å². The quantitative estimate of drug-likeness (QED) is 0.496. The maximum Gasteiger partial charge on any atom is 0.410 e. The lowest BCUT2D eigenvalue weighted by Gasteiger charge is -2.45. The first kappa shape index (κ1) is 28.9. The highest BCUT2D eigenvalue weighted by Crippen LogP contribution is 2.54. The fourth-order valence-corrected chi connectivity index (χ4v) is 7.65. The molecule has 1 aromatic rings. The van der Waals surface area contributed by atoms with E-state index >= 15 is 0 Å². The Bertz CT molecular complexity index is 1170. The summed E-state index contributed by atoms with van der Waals surface area (Å²) in [6.07, 6.45) is 0.0473. The smallest absolute Gasteiger partial charge is 0.410 e. The Labute approximate surface area is 233 Å². The lowest BCUT2D eigenvalue weighted by atomic mass is 10.0. The van der Waals surface area contributed by atoms with Crippen molar-refractivity contribution in [2.75, 3.05) is 46.0 Å². The van der Waals surface area contributed by atoms with Crippen LogP contribution in [0.3, 0.4) is 0 Å². The maximum atomic E-state index is 14.0. The van der Waals surface area contributed by atoms with Gasteiger partial charge in [0.05, 0.1) is 30.8 Å². The number of nitrogens with zero attached hydrogens (tertiary/aromatic N) is 3. The number of carbonyl (C=O) groups is 1. The molecule has 39 heavy (non-hydrogen) atoms. The molecule has 0 radical (unpaired) electrons. The van der Waals surface area contributed by atoms with Crippen LogP contribution in [-0.4, -0.2) is 109 Å². The van der Waals surface area contributed by atoms with Crippen LogP contribution in [0, 0.1) is 5.92 Å². The summed E-state index contributed by atoms with van der Waals surface area (Å²) in [5, 5.41) is 10.0. The molecule has 1 amide bonds. The van der Waals surface area contributed by atoms with Crippen LogP contribution in [0.25, 0.3) is 0 Å². The summed E-state index contributed by atoms with van der Waals surface area (Å²) in [5.74, 6) is -3.72. The van der Waals surface area contributed by atoms with E-state index < -0.39 is 51.2 Å². The van der Waals surface area contributed by atoms with E-state index in [2.05, 4.69) is 4.90 Å². The Morgan fingerprint density at radius 2 is 1.77 bits per heavy atom. The van der Waals surface area contributed by atoms with E-state index in [1.54, 1.807) is 4.90 Å². The number of amides is 1. The molecule has 4 aliphatic rings. The van der Waals surface area contributed by atoms with E-state index in [1.807, 2.05) is 13.8 Å². The number of aliphatic hydroxyl groups is 1. The fraction of sp³-hybridized carbons (Fsp3) is 0.731. The highest BCUT2D eigenvalue weighted by Gasteiger charge is 2.63. The second-order valence-corrected chi connectivity index (χ2v) is 14.1. The van der Waals surface area contributed by atoms with Crippen molar-refractivity contribution in [1.29, 1.82) is 0 Å². The minimum Gasteiger partial charge on any atom is -0.441 e. The zero-order valence-corrected chi connectivity index (χ0v) is 23.8. The van der Waals surface area contributed by atoms with Crippen molar-refractivity contribution in [3.05, 3.63) is 29.3 Å². The summed E-state index contributed by atoms with van der Waals surface area (Å²) in [6, 6.07) is 4.07. The summed E-state index contributed by atoms with van der Waals surface area (Å²) in [7, 11) is -4.15. The molecule has 2 saturated carbocycles. The average molecular weight is 592 g/mol. The van der Waals surface area contributed by atoms with Gasteiger partial charge in [-0.05, 0) is 57.4 Å². The summed E-state index contributed by atoms with van der Waals surface area (Å²) in [6.45, 7) is 5.80. The van der Waals surface area contributed by atoms with Gasteiger partial charge in [-0.25, -0.2) is 22.0 Å². The van der Waals surface area contributed by atoms with Crippen LogP contribution in [0.4, 0.5) is 13.6 Å². The number of sulfonamides is 1. The van der Waals surface area contributed by atoms with Gasteiger partial charge in [0.25, 0.3) is 5.92 Å². The number of morpholine rings is 1. The predicted molar refractivity (Wildman–Crippen MR) is 139 cm³/mol. The SMILES string of the molecule is CC(C)(CO)N1CCN(C(=O)OC2([C@H]3COC[C@@H](CC4CC4(F)F)N3S(=O)(=O)c3ccc(Cl)cc3)CC2)CC1. The van der Waals surface area contributed by atoms with E-state index in [-0.39, 0.29) is 37.6 Å². The Hall–Kier alpha value is -1.57. The van der Waals surface area contributed by atoms with Crippen molar-refractivity contribution in [3.8, 4) is 0 Å². The van der Waals surface area contributed by atoms with Crippen molar-refractivity contribution >= 4 is 27.7 Å². The van der Waals surface area contributed by atoms with Gasteiger partial charge >= 0.3 is 6.09 Å². The molecule has 5 rings (SSSR count). The fourth-order valence-electron chi connectivity index (χ4n) is 5.68. The molecular formula is C26H36ClF2N3O6S. The molecule has 0 spiro atoms. The highest BCUT2D eigenvalue weighted by atomic mass is 35.5. The molecule has 13 heteroatoms. The molecule has 218 valence electrons. The van der Waals surface area contributed by atoms with Gasteiger partial charge in [0.2, 0.25) is 10.0 Å². The Morgan fingerprint density at radius 1 is 1.15 bits per heavy atom. The van der Waals surface area contributed by atoms with Gasteiger partial charge in [-0.15, -0.1) is 0 Å². The van der Waals surface area contributed by atoms with Crippen LogP contribution in [0.5, 0.6) is 0 Å². The summed E-state index contributed by atoms with van der Waals surface area (Å²) < 4.78 is 68.8. The number of hydrogen-bond acceptors (Lipinski definition) is 7. The predicted octanol–water partition coefficient (Wildman–Crippen LogP) is 3.20. The third-order valence-electron chi connectivity index (χ3n) is 8.58. The molecule has 1 N–H and O–H groups in total. The van der Waals surface area contributed by atoms with Gasteiger partial charge in [-0.2, -0.15) is 4.31 Å². The molecule has 2 aliphatic carbocycles. The van der Waals surface area contributed by atoms with Crippen molar-refractivity contribution < 1.29 is 36.6 Å². The second-order valence-electron chi connectivity index (χ2n) is 11.8. The van der Waals surface area contributed by atoms with E-state index in [4.69, 9.17) is 21.1 Å². The normalized spacial score (nSPS) is 29.2. The van der Waals surface area contributed by atoms with Crippen LogP contribution < -0.4 is 0 Å². The van der Waals surface area contributed by atoms with Gasteiger partial charge in [0.1, 0.15) is 5.60 Å². The second kappa shape index (κ2) is 10.4. The first-order chi connectivity index (χ1) is 18.3. The topological polar surface area (TPSA) is 99.6 Å². The number of benzene rings is 1. The third kappa shape index (κ3) is 5.78. The molecule has 1 unspecified atom stereocenters. The standard InChI is InChI=1S/C26H36ClF2N3O6S/c1-24(2,17-33)31-11-9-30(10-12-31)23(34)38-25(7-8-25)22-16-37-15-20(13-18-14-26(18,28)29)32(22)39(35,36)21-5-3-19(27)4-6-21/h3-6,18,20,22,33H,7-17H2,1-2H3/t18?,20-,22-/m1/s1. The third-order valence-corrected chi connectivity index (χ3v) is 10.8. The molecule has 9 nitrogen and oxygen atoms in total. The molecule has 2 heterocycles. The number of piperazine rings is 1. The summed E-state index contributed by atoms with van der Waals surface area (Å²) in [4.78, 5) is 16.9. The number of hydrogen-bond donors (Lipinski definition) is 1. The average Bonchev–Trinajstić information content (AvgIpc) is 3.81. The summed E-state index contributed by atoms with van der Waals surface area (Å²) in [5.41, 5.74) is -1.50. The molecular weight excluding hydrogens is 556 g/mol. The lowest BCUT2D eigenvalue weighted by molar-refractivity contribution is -0.0777. The van der Waals surface area contributed by atoms with Crippen LogP contribution in [0.2, 0.25) is 5.02 Å². The van der Waals surface area contributed by atoms with Gasteiger partial charge < -0.3 is 19.5 Å². The van der Waals surface area contributed by atoms with Crippen LogP contribution in [0.1, 0.15) is 39.5 Å². The monoisotopic (exact) mass is 591 g/mol. The van der Waals surface area contributed by atoms with Crippen molar-refractivity contribution in [3.63, 3.8) is 0 Å². The molecule has 4 fully saturated rings. The van der Waals surface area contributed by atoms with Crippen molar-refractivity contribution in [2.24, 2.45) is 5.92 Å². The van der Waals surface area contributed by atoms with Crippen LogP contribution >= 0.6 is 11.6 Å². The van der Waals surface area contributed by atoms with Gasteiger partial charge in [0.15, 0.2) is 0 Å². The molecule has 0 aromatic heterocycles. The van der Waals surface area contributed by atoms with Crippen molar-refractivity contribution in [1.82, 2.24) is 14.1 Å². The number of aliphatic hydroxyl groups excluding tert-OH is 1. The zero-order valence-electron chi connectivity index (χ0n) is 22.2. The van der Waals surface area contributed by atoms with Crippen LogP contribution in [-0.2, 0) is 19.5 Å². The first-order valence-corrected chi connectivity index (χ1v) is 15.2. The number of alkyl halides is 2. The van der Waals surface area contributed by atoms with E-state index in [0.717, 1.165) is 0 Å². The number of rotatable bonds is 8. The molecule has 0 bridgehead atoms. The molecule has 2 saturated heterocycles. The highest BCUT2D eigenvalue weighted by molar-refractivity contribution is 7.89. The zero-order chi connectivity index (χ0) is 28.2. The minimum absolute atomic E-state index is 0.00361. The van der Waals surface area contributed by atoms with Crippen molar-refractivity contribution in [2.45, 2.75) is 73.6 Å². The number of carbonyl (C=O) groups excluding carboxylic acids is 1. The van der Waals surface area contributed by atoms with Crippen LogP contribution in [0.15, 0.2) is 29.2 Å². The van der Waals surface area contributed by atoms with E-state index in [0.29, 0.717) is 44.0 Å². The maximum absolute atomic E-state index is 14.0. The van der Waals surface area contributed by atoms with Gasteiger partial charge in [-0.3, -0.25) is 4.90 Å². The Morgan fingerprint density at radius 3 is 2.31 bits per heavy atom. The molecule has 3 atom stereocenters. The molecule has 2 aliphatic heterocycles. The first-order valence-electron chi connectivity index (χ1n) is 13.4. The number of ether oxygens (including phenoxy) is 2. The minimum atomic E-state index is -4.15.